The van der Waals surface area contributed by atoms with E-state index in [1.807, 2.05) is 6.07 Å². The monoisotopic (exact) mass is 816 g/mol. The van der Waals surface area contributed by atoms with Crippen LogP contribution >= 0.6 is 0 Å². The fourth-order valence-electron chi connectivity index (χ4n) is 11.5. The minimum Gasteiger partial charge on any atom is -0.228 e. The summed E-state index contributed by atoms with van der Waals surface area (Å²) in [7, 11) is 0. The molecular formula is C62H44N2. The molecule has 0 N–H and O–H groups in total. The first-order chi connectivity index (χ1) is 31.3. The Labute approximate surface area is 373 Å². The molecule has 0 atom stereocenters. The predicted molar refractivity (Wildman–Crippen MR) is 269 cm³/mol. The lowest BCUT2D eigenvalue weighted by Crippen LogP contribution is -2.16. The van der Waals surface area contributed by atoms with Crippen LogP contribution in [0.5, 0.6) is 0 Å². The topological polar surface area (TPSA) is 25.8 Å². The highest BCUT2D eigenvalue weighted by Crippen LogP contribution is 2.58. The number of nitrogens with zero attached hydrogens (tertiary/aromatic N) is 2. The van der Waals surface area contributed by atoms with Crippen LogP contribution in [0, 0.1) is 0 Å². The minimum absolute atomic E-state index is 0.153. The third-order valence-electron chi connectivity index (χ3n) is 14.6. The second-order valence-electron chi connectivity index (χ2n) is 18.9. The number of hydrogen-bond acceptors (Lipinski definition) is 2. The average Bonchev–Trinajstić information content (AvgIpc) is 3.72. The van der Waals surface area contributed by atoms with Crippen molar-refractivity contribution in [3.8, 4) is 67.3 Å². The summed E-state index contributed by atoms with van der Waals surface area (Å²) in [4.78, 5) is 10.6. The number of benzene rings is 10. The largest absolute Gasteiger partial charge is 0.228 e. The van der Waals surface area contributed by atoms with E-state index in [1.54, 1.807) is 0 Å². The van der Waals surface area contributed by atoms with Crippen molar-refractivity contribution in [1.29, 1.82) is 0 Å². The summed E-state index contributed by atoms with van der Waals surface area (Å²) in [6, 6.07) is 71.4. The Morgan fingerprint density at radius 3 is 1.62 bits per heavy atom. The third kappa shape index (κ3) is 5.20. The van der Waals surface area contributed by atoms with Gasteiger partial charge < -0.3 is 0 Å². The van der Waals surface area contributed by atoms with Crippen LogP contribution in [0.2, 0.25) is 0 Å². The van der Waals surface area contributed by atoms with Crippen molar-refractivity contribution in [3.63, 3.8) is 0 Å². The van der Waals surface area contributed by atoms with E-state index < -0.39 is 0 Å². The van der Waals surface area contributed by atoms with Crippen molar-refractivity contribution in [2.75, 3.05) is 0 Å². The molecule has 1 heterocycles. The summed E-state index contributed by atoms with van der Waals surface area (Å²) < 4.78 is 0. The highest BCUT2D eigenvalue weighted by molar-refractivity contribution is 6.22. The van der Waals surface area contributed by atoms with Crippen molar-refractivity contribution in [2.45, 2.75) is 38.5 Å². The molecule has 0 unspecified atom stereocenters. The van der Waals surface area contributed by atoms with Crippen LogP contribution in [-0.2, 0) is 10.8 Å². The first kappa shape index (κ1) is 36.9. The van der Waals surface area contributed by atoms with Gasteiger partial charge in [0.15, 0.2) is 5.82 Å². The van der Waals surface area contributed by atoms with Crippen LogP contribution in [0.25, 0.3) is 110 Å². The van der Waals surface area contributed by atoms with Gasteiger partial charge in [-0.1, -0.05) is 198 Å². The molecule has 64 heavy (non-hydrogen) atoms. The van der Waals surface area contributed by atoms with Crippen molar-refractivity contribution >= 4 is 43.1 Å². The van der Waals surface area contributed by atoms with Crippen molar-refractivity contribution in [1.82, 2.24) is 9.97 Å². The molecule has 0 saturated carbocycles. The summed E-state index contributed by atoms with van der Waals surface area (Å²) in [6.45, 7) is 9.54. The van der Waals surface area contributed by atoms with E-state index in [0.717, 1.165) is 33.9 Å². The first-order valence-corrected chi connectivity index (χ1v) is 22.5. The summed E-state index contributed by atoms with van der Waals surface area (Å²) in [5, 5.41) is 10.4. The molecule has 0 saturated heterocycles. The molecule has 11 aromatic rings. The lowest BCUT2D eigenvalue weighted by molar-refractivity contribution is 0.661. The molecule has 302 valence electrons. The Hall–Kier alpha value is -7.68. The molecule has 0 spiro atoms. The van der Waals surface area contributed by atoms with E-state index in [4.69, 9.17) is 9.97 Å². The second-order valence-corrected chi connectivity index (χ2v) is 18.9. The van der Waals surface area contributed by atoms with Crippen LogP contribution in [0.3, 0.4) is 0 Å². The van der Waals surface area contributed by atoms with E-state index in [9.17, 15) is 0 Å². The highest BCUT2D eigenvalue weighted by atomic mass is 14.9. The Bertz CT molecular complexity index is 3760. The fourth-order valence-corrected chi connectivity index (χ4v) is 11.5. The van der Waals surface area contributed by atoms with Gasteiger partial charge in [-0.3, -0.25) is 0 Å². The molecule has 0 aliphatic heterocycles. The van der Waals surface area contributed by atoms with E-state index in [2.05, 4.69) is 216 Å². The normalized spacial score (nSPS) is 14.2. The zero-order chi connectivity index (χ0) is 42.9. The Morgan fingerprint density at radius 1 is 0.312 bits per heavy atom. The highest BCUT2D eigenvalue weighted by Gasteiger charge is 2.40. The number of rotatable bonds is 4. The van der Waals surface area contributed by atoms with Crippen LogP contribution in [-0.4, -0.2) is 9.97 Å². The maximum Gasteiger partial charge on any atom is 0.160 e. The van der Waals surface area contributed by atoms with Gasteiger partial charge in [0.1, 0.15) is 0 Å². The van der Waals surface area contributed by atoms with Gasteiger partial charge in [-0.15, -0.1) is 0 Å². The van der Waals surface area contributed by atoms with Gasteiger partial charge in [-0.05, 0) is 123 Å². The van der Waals surface area contributed by atoms with Crippen LogP contribution in [0.15, 0.2) is 194 Å². The Balaban J connectivity index is 0.973. The molecule has 0 amide bonds. The van der Waals surface area contributed by atoms with Gasteiger partial charge >= 0.3 is 0 Å². The van der Waals surface area contributed by atoms with Gasteiger partial charge in [-0.25, -0.2) is 9.97 Å². The van der Waals surface area contributed by atoms with Gasteiger partial charge in [0.05, 0.1) is 11.4 Å². The molecule has 2 aliphatic rings. The summed E-state index contributed by atoms with van der Waals surface area (Å²) in [5.74, 6) is 0.720. The molecule has 10 aromatic carbocycles. The molecule has 13 rings (SSSR count). The second kappa shape index (κ2) is 13.4. The lowest BCUT2D eigenvalue weighted by Gasteiger charge is -2.25. The standard InChI is InChI=1S/C62H44N2/c1-61(2)51-28-16-27-48(56(51)50-33-40-19-8-9-20-41(40)34-52(50)61)55-36-54(63-60(64-55)39-17-6-5-7-18-39)38-31-29-37(30-32-38)49-35-53-57(45-24-13-11-23-44(45)49)58-46-25-14-10-21-42(46)43-22-12-15-26-47(43)59(58)62(53,3)4/h5-36H,1-4H3. The molecule has 0 fully saturated rings. The van der Waals surface area contributed by atoms with E-state index >= 15 is 0 Å². The molecule has 0 bridgehead atoms. The molecule has 2 aliphatic carbocycles. The van der Waals surface area contributed by atoms with Crippen LogP contribution in [0.4, 0.5) is 0 Å². The van der Waals surface area contributed by atoms with Gasteiger partial charge in [0.25, 0.3) is 0 Å². The maximum atomic E-state index is 5.35. The van der Waals surface area contributed by atoms with Gasteiger partial charge in [-0.2, -0.15) is 0 Å². The predicted octanol–water partition coefficient (Wildman–Crippen LogP) is 16.4. The third-order valence-corrected chi connectivity index (χ3v) is 14.6. The zero-order valence-corrected chi connectivity index (χ0v) is 36.4. The number of hydrogen-bond donors (Lipinski definition) is 0. The van der Waals surface area contributed by atoms with Crippen LogP contribution in [0.1, 0.15) is 49.9 Å². The number of fused-ring (bicyclic) bond motifs is 14. The van der Waals surface area contributed by atoms with Gasteiger partial charge in [0.2, 0.25) is 0 Å². The minimum atomic E-state index is -0.210. The van der Waals surface area contributed by atoms with Crippen molar-refractivity contribution in [3.05, 3.63) is 216 Å². The average molecular weight is 817 g/mol. The smallest absolute Gasteiger partial charge is 0.160 e. The lowest BCUT2D eigenvalue weighted by atomic mass is 9.78. The Kier molecular flexibility index (Phi) is 7.74. The number of aromatic nitrogens is 2. The molecular weight excluding hydrogens is 773 g/mol. The first-order valence-electron chi connectivity index (χ1n) is 22.5. The van der Waals surface area contributed by atoms with Crippen molar-refractivity contribution in [2.24, 2.45) is 0 Å². The summed E-state index contributed by atoms with van der Waals surface area (Å²) in [6.07, 6.45) is 0. The zero-order valence-electron chi connectivity index (χ0n) is 36.4. The SMILES string of the molecule is CC1(C)c2cc3ccccc3cc2-c2c(-c3cc(-c4ccc(-c5cc6c(c7ccccc57)-c5c(c7ccccc7c7ccccc57)C6(C)C)cc4)nc(-c4ccccc4)n3)cccc21. The maximum absolute atomic E-state index is 5.35. The van der Waals surface area contributed by atoms with E-state index in [1.165, 1.54) is 98.7 Å². The molecule has 0 radical (unpaired) electrons. The van der Waals surface area contributed by atoms with E-state index in [0.29, 0.717) is 0 Å². The summed E-state index contributed by atoms with van der Waals surface area (Å²) in [5.41, 5.74) is 17.9. The quantitative estimate of drug-likeness (QED) is 0.165. The fraction of sp³-hybridized carbons (Fsp3) is 0.0968. The van der Waals surface area contributed by atoms with Crippen molar-refractivity contribution < 1.29 is 0 Å². The Morgan fingerprint density at radius 2 is 0.891 bits per heavy atom. The van der Waals surface area contributed by atoms with Gasteiger partial charge in [0, 0.05) is 27.5 Å². The molecule has 1 aromatic heterocycles. The molecule has 2 nitrogen and oxygen atoms in total. The molecule has 2 heteroatoms. The van der Waals surface area contributed by atoms with E-state index in [-0.39, 0.29) is 10.8 Å². The summed E-state index contributed by atoms with van der Waals surface area (Å²) >= 11 is 0. The van der Waals surface area contributed by atoms with Crippen LogP contribution < -0.4 is 0 Å².